The van der Waals surface area contributed by atoms with E-state index in [1.807, 2.05) is 0 Å². The van der Waals surface area contributed by atoms with Crippen molar-refractivity contribution < 1.29 is 24.6 Å². The van der Waals surface area contributed by atoms with E-state index in [0.29, 0.717) is 0 Å². The van der Waals surface area contributed by atoms with Crippen LogP contribution in [0.3, 0.4) is 0 Å². The van der Waals surface area contributed by atoms with Crippen molar-refractivity contribution in [1.82, 2.24) is 0 Å². The number of carboxylic acid groups (broad SMARTS) is 2. The zero-order chi connectivity index (χ0) is 8.57. The van der Waals surface area contributed by atoms with Crippen molar-refractivity contribution in [3.05, 3.63) is 0 Å². The van der Waals surface area contributed by atoms with Gasteiger partial charge in [0.25, 0.3) is 6.47 Å². The molecule has 6 heteroatoms. The average molecular weight is 213 g/mol. The standard InChI is InChI=1S/C3H3BrO3.CH2O2/c4-1-2(5)3(6)7;2-1-3/h1H2,(H,6,7);1H,(H,2,3). The Balaban J connectivity index is 0. The SMILES string of the molecule is O=C(O)C(=O)CBr.O=CO. The van der Waals surface area contributed by atoms with Crippen LogP contribution >= 0.6 is 15.9 Å². The van der Waals surface area contributed by atoms with E-state index >= 15 is 0 Å². The summed E-state index contributed by atoms with van der Waals surface area (Å²) in [4.78, 5) is 27.8. The molecule has 2 N–H and O–H groups in total. The minimum absolute atomic E-state index is 0.109. The third-order valence-corrected chi connectivity index (χ3v) is 0.869. The number of ketones is 1. The molecule has 0 aliphatic rings. The first-order chi connectivity index (χ1) is 4.59. The number of halogens is 1. The lowest BCUT2D eigenvalue weighted by Crippen LogP contribution is -2.12. The Morgan fingerprint density at radius 1 is 1.50 bits per heavy atom. The Labute approximate surface area is 64.8 Å². The summed E-state index contributed by atoms with van der Waals surface area (Å²) in [6.07, 6.45) is 0. The fourth-order valence-electron chi connectivity index (χ4n) is 0.0572. The van der Waals surface area contributed by atoms with Crippen LogP contribution in [0.15, 0.2) is 0 Å². The normalized spacial score (nSPS) is 6.90. The molecule has 0 heterocycles. The molecule has 0 radical (unpaired) electrons. The summed E-state index contributed by atoms with van der Waals surface area (Å²) in [5, 5.41) is 14.6. The van der Waals surface area contributed by atoms with Gasteiger partial charge in [0.05, 0.1) is 5.33 Å². The molecule has 5 nitrogen and oxygen atoms in total. The molecule has 0 saturated carbocycles. The molecule has 10 heavy (non-hydrogen) atoms. The molecule has 0 unspecified atom stereocenters. The van der Waals surface area contributed by atoms with Crippen LogP contribution in [-0.2, 0) is 14.4 Å². The van der Waals surface area contributed by atoms with Crippen LogP contribution in [0.2, 0.25) is 0 Å². The number of rotatable bonds is 2. The summed E-state index contributed by atoms with van der Waals surface area (Å²) in [7, 11) is 0. The third-order valence-electron chi connectivity index (χ3n) is 0.360. The fourth-order valence-corrected chi connectivity index (χ4v) is 0.297. The van der Waals surface area contributed by atoms with E-state index < -0.39 is 11.8 Å². The molecular weight excluding hydrogens is 208 g/mol. The van der Waals surface area contributed by atoms with Crippen LogP contribution in [-0.4, -0.2) is 33.8 Å². The molecule has 0 amide bonds. The predicted molar refractivity (Wildman–Crippen MR) is 35.1 cm³/mol. The van der Waals surface area contributed by atoms with Gasteiger partial charge in [-0.05, 0) is 0 Å². The minimum Gasteiger partial charge on any atom is -0.483 e. The quantitative estimate of drug-likeness (QED) is 0.374. The topological polar surface area (TPSA) is 91.7 Å². The van der Waals surface area contributed by atoms with Crippen molar-refractivity contribution in [2.45, 2.75) is 0 Å². The lowest BCUT2D eigenvalue weighted by atomic mass is 10.5. The molecule has 0 aromatic carbocycles. The summed E-state index contributed by atoms with van der Waals surface area (Å²) in [6.45, 7) is -0.250. The van der Waals surface area contributed by atoms with E-state index in [0.717, 1.165) is 0 Å². The molecular formula is C4H5BrO5. The fraction of sp³-hybridized carbons (Fsp3) is 0.250. The molecule has 0 saturated heterocycles. The summed E-state index contributed by atoms with van der Waals surface area (Å²) >= 11 is 2.68. The smallest absolute Gasteiger partial charge is 0.373 e. The number of hydrogen-bond acceptors (Lipinski definition) is 3. The van der Waals surface area contributed by atoms with Crippen LogP contribution in [0, 0.1) is 0 Å². The van der Waals surface area contributed by atoms with Crippen LogP contribution in [0.1, 0.15) is 0 Å². The number of Topliss-reactive ketones (excluding diaryl/α,β-unsaturated/α-hetero) is 1. The number of alkyl halides is 1. The Hall–Kier alpha value is -0.910. The molecule has 0 aliphatic carbocycles. The van der Waals surface area contributed by atoms with Crippen molar-refractivity contribution in [2.24, 2.45) is 0 Å². The first kappa shape index (κ1) is 11.8. The van der Waals surface area contributed by atoms with E-state index in [1.165, 1.54) is 0 Å². The highest BCUT2D eigenvalue weighted by Gasteiger charge is 2.06. The summed E-state index contributed by atoms with van der Waals surface area (Å²) < 4.78 is 0. The van der Waals surface area contributed by atoms with Gasteiger partial charge < -0.3 is 10.2 Å². The Bertz CT molecular complexity index is 132. The third kappa shape index (κ3) is 10.1. The van der Waals surface area contributed by atoms with Gasteiger partial charge >= 0.3 is 5.97 Å². The van der Waals surface area contributed by atoms with Gasteiger partial charge in [0.2, 0.25) is 5.78 Å². The van der Waals surface area contributed by atoms with E-state index in [1.54, 1.807) is 0 Å². The second-order valence-corrected chi connectivity index (χ2v) is 1.53. The second-order valence-electron chi connectivity index (χ2n) is 0.967. The van der Waals surface area contributed by atoms with Crippen molar-refractivity contribution in [3.8, 4) is 0 Å². The number of carbonyl (C=O) groups is 3. The van der Waals surface area contributed by atoms with Gasteiger partial charge in [0, 0.05) is 0 Å². The first-order valence-electron chi connectivity index (χ1n) is 2.00. The lowest BCUT2D eigenvalue weighted by molar-refractivity contribution is -0.147. The van der Waals surface area contributed by atoms with Crippen molar-refractivity contribution in [1.29, 1.82) is 0 Å². The van der Waals surface area contributed by atoms with Gasteiger partial charge in [-0.1, -0.05) is 15.9 Å². The Morgan fingerprint density at radius 2 is 1.80 bits per heavy atom. The maximum atomic E-state index is 9.87. The summed E-state index contributed by atoms with van der Waals surface area (Å²) in [6, 6.07) is 0. The van der Waals surface area contributed by atoms with Crippen LogP contribution in [0.25, 0.3) is 0 Å². The summed E-state index contributed by atoms with van der Waals surface area (Å²) in [5.41, 5.74) is 0. The predicted octanol–water partition coefficient (Wildman–Crippen LogP) is -0.264. The maximum absolute atomic E-state index is 9.87. The number of carboxylic acids is 1. The van der Waals surface area contributed by atoms with E-state index in [-0.39, 0.29) is 11.8 Å². The Kier molecular flexibility index (Phi) is 9.57. The molecule has 0 atom stereocenters. The number of carbonyl (C=O) groups excluding carboxylic acids is 1. The van der Waals surface area contributed by atoms with Gasteiger partial charge in [-0.25, -0.2) is 4.79 Å². The zero-order valence-corrected chi connectivity index (χ0v) is 6.37. The summed E-state index contributed by atoms with van der Waals surface area (Å²) in [5.74, 6) is -2.21. The van der Waals surface area contributed by atoms with Crippen LogP contribution in [0.4, 0.5) is 0 Å². The Morgan fingerprint density at radius 3 is 1.80 bits per heavy atom. The van der Waals surface area contributed by atoms with Gasteiger partial charge in [0.15, 0.2) is 0 Å². The molecule has 0 bridgehead atoms. The minimum atomic E-state index is -1.39. The molecule has 0 spiro atoms. The monoisotopic (exact) mass is 212 g/mol. The highest BCUT2D eigenvalue weighted by molar-refractivity contribution is 9.09. The zero-order valence-electron chi connectivity index (χ0n) is 4.78. The van der Waals surface area contributed by atoms with Gasteiger partial charge in [0.1, 0.15) is 0 Å². The number of hydrogen-bond donors (Lipinski definition) is 2. The second kappa shape index (κ2) is 8.09. The highest BCUT2D eigenvalue weighted by atomic mass is 79.9. The van der Waals surface area contributed by atoms with Gasteiger partial charge in [-0.15, -0.1) is 0 Å². The van der Waals surface area contributed by atoms with Gasteiger partial charge in [-0.2, -0.15) is 0 Å². The highest BCUT2D eigenvalue weighted by Crippen LogP contribution is 1.80. The van der Waals surface area contributed by atoms with E-state index in [4.69, 9.17) is 15.0 Å². The molecule has 0 fully saturated rings. The van der Waals surface area contributed by atoms with E-state index in [9.17, 15) is 9.59 Å². The molecule has 58 valence electrons. The van der Waals surface area contributed by atoms with Crippen molar-refractivity contribution in [3.63, 3.8) is 0 Å². The van der Waals surface area contributed by atoms with Crippen LogP contribution in [0.5, 0.6) is 0 Å². The lowest BCUT2D eigenvalue weighted by Gasteiger charge is -1.79. The van der Waals surface area contributed by atoms with Gasteiger partial charge in [-0.3, -0.25) is 9.59 Å². The van der Waals surface area contributed by atoms with Crippen molar-refractivity contribution >= 4 is 34.2 Å². The number of aliphatic carboxylic acids is 1. The molecule has 0 aromatic heterocycles. The van der Waals surface area contributed by atoms with Crippen LogP contribution < -0.4 is 0 Å². The largest absolute Gasteiger partial charge is 0.483 e. The maximum Gasteiger partial charge on any atom is 0.373 e. The molecule has 0 rings (SSSR count). The average Bonchev–Trinajstić information content (AvgIpc) is 1.88. The molecule has 0 aromatic rings. The van der Waals surface area contributed by atoms with Crippen molar-refractivity contribution in [2.75, 3.05) is 5.33 Å². The van der Waals surface area contributed by atoms with E-state index in [2.05, 4.69) is 15.9 Å². The molecule has 0 aliphatic heterocycles. The first-order valence-corrected chi connectivity index (χ1v) is 3.12.